The van der Waals surface area contributed by atoms with Crippen LogP contribution >= 0.6 is 22.9 Å². The van der Waals surface area contributed by atoms with Gasteiger partial charge in [0.2, 0.25) is 10.0 Å². The number of rotatable bonds is 13. The highest BCUT2D eigenvalue weighted by Gasteiger charge is 2.26. The van der Waals surface area contributed by atoms with Gasteiger partial charge in [0.25, 0.3) is 5.91 Å². The number of benzene rings is 2. The Balaban J connectivity index is 1.91. The molecule has 38 heavy (non-hydrogen) atoms. The number of carbonyl (C=O) groups is 1. The predicted octanol–water partition coefficient (Wildman–Crippen LogP) is 4.76. The van der Waals surface area contributed by atoms with Crippen LogP contribution in [-0.4, -0.2) is 67.8 Å². The van der Waals surface area contributed by atoms with Crippen molar-refractivity contribution in [1.82, 2.24) is 14.2 Å². The van der Waals surface area contributed by atoms with Gasteiger partial charge in [-0.1, -0.05) is 36.8 Å². The van der Waals surface area contributed by atoms with E-state index in [4.69, 9.17) is 22.1 Å². The van der Waals surface area contributed by atoms with Crippen LogP contribution in [0, 0.1) is 22.7 Å². The summed E-state index contributed by atoms with van der Waals surface area (Å²) in [5.41, 5.74) is 1.06. The number of nitriles is 2. The van der Waals surface area contributed by atoms with Gasteiger partial charge in [-0.15, -0.1) is 0 Å². The second-order valence-corrected chi connectivity index (χ2v) is 11.7. The summed E-state index contributed by atoms with van der Waals surface area (Å²) >= 11 is 7.52. The van der Waals surface area contributed by atoms with Gasteiger partial charge in [-0.25, -0.2) is 13.4 Å². The maximum absolute atomic E-state index is 13.7. The number of nitrogens with zero attached hydrogens (tertiary/aromatic N) is 6. The summed E-state index contributed by atoms with van der Waals surface area (Å²) in [6.45, 7) is 6.84. The minimum atomic E-state index is -3.93. The topological polar surface area (TPSA) is 121 Å². The molecule has 2 aromatic carbocycles. The fourth-order valence-corrected chi connectivity index (χ4v) is 6.55. The van der Waals surface area contributed by atoms with Crippen LogP contribution < -0.4 is 4.90 Å². The average Bonchev–Trinajstić information content (AvgIpc) is 3.33. The number of halogens is 1. The number of anilines is 1. The predicted molar refractivity (Wildman–Crippen MR) is 150 cm³/mol. The molecule has 1 aromatic heterocycles. The van der Waals surface area contributed by atoms with Gasteiger partial charge >= 0.3 is 0 Å². The maximum atomic E-state index is 13.7. The first-order chi connectivity index (χ1) is 18.2. The van der Waals surface area contributed by atoms with Crippen LogP contribution in [0.3, 0.4) is 0 Å². The second kappa shape index (κ2) is 13.7. The third kappa shape index (κ3) is 7.07. The van der Waals surface area contributed by atoms with Gasteiger partial charge in [0.05, 0.1) is 27.3 Å². The zero-order valence-electron chi connectivity index (χ0n) is 21.3. The highest BCUT2D eigenvalue weighted by molar-refractivity contribution is 7.89. The Morgan fingerprint density at radius 3 is 2.18 bits per heavy atom. The monoisotopic (exact) mass is 572 g/mol. The molecular formula is C26H29ClN6O3S2. The lowest BCUT2D eigenvalue weighted by molar-refractivity contribution is 0.0983. The maximum Gasteiger partial charge on any atom is 0.260 e. The van der Waals surface area contributed by atoms with E-state index in [1.165, 1.54) is 35.6 Å². The average molecular weight is 573 g/mol. The van der Waals surface area contributed by atoms with Crippen LogP contribution in [-0.2, 0) is 10.0 Å². The summed E-state index contributed by atoms with van der Waals surface area (Å²) < 4.78 is 28.3. The first-order valence-corrected chi connectivity index (χ1v) is 14.8. The normalized spacial score (nSPS) is 11.6. The molecule has 0 radical (unpaired) electrons. The lowest BCUT2D eigenvalue weighted by atomic mass is 10.2. The molecule has 0 fully saturated rings. The molecule has 0 unspecified atom stereocenters. The number of likely N-dealkylation sites (N-methyl/N-ethyl adjacent to an activating group) is 1. The second-order valence-electron chi connectivity index (χ2n) is 8.34. The van der Waals surface area contributed by atoms with Crippen molar-refractivity contribution in [2.75, 3.05) is 44.2 Å². The molecule has 200 valence electrons. The number of fused-ring (bicyclic) bond motifs is 1. The van der Waals surface area contributed by atoms with Crippen molar-refractivity contribution in [3.8, 4) is 12.1 Å². The molecule has 1 heterocycles. The molecule has 3 aromatic rings. The van der Waals surface area contributed by atoms with E-state index in [-0.39, 0.29) is 36.7 Å². The van der Waals surface area contributed by atoms with Crippen molar-refractivity contribution >= 4 is 54.2 Å². The van der Waals surface area contributed by atoms with Gasteiger partial charge in [-0.3, -0.25) is 9.69 Å². The first-order valence-electron chi connectivity index (χ1n) is 12.2. The standard InChI is InChI=1S/C26H29ClN6O3S2/c1-3-31(4-2)17-18-33(26-30-23-12-9-21(27)19-24(23)37-26)25(34)20-7-10-22(11-8-20)38(35,36)32(15-5-13-28)16-6-14-29/h7-12,19H,3-6,15-18H2,1-2H3. The molecule has 9 nitrogen and oxygen atoms in total. The molecule has 0 aliphatic rings. The van der Waals surface area contributed by atoms with Crippen LogP contribution in [0.15, 0.2) is 47.4 Å². The first kappa shape index (κ1) is 29.5. The number of sulfonamides is 1. The van der Waals surface area contributed by atoms with Crippen LogP contribution in [0.5, 0.6) is 0 Å². The molecule has 12 heteroatoms. The summed E-state index contributed by atoms with van der Waals surface area (Å²) in [7, 11) is -3.93. The Hall–Kier alpha value is -3.06. The summed E-state index contributed by atoms with van der Waals surface area (Å²) in [5, 5.41) is 18.9. The van der Waals surface area contributed by atoms with Gasteiger partial charge in [-0.05, 0) is 55.6 Å². The van der Waals surface area contributed by atoms with Crippen LogP contribution in [0.4, 0.5) is 5.13 Å². The van der Waals surface area contributed by atoms with Gasteiger partial charge in [0, 0.05) is 49.6 Å². The third-order valence-corrected chi connectivity index (χ3v) is 9.22. The van der Waals surface area contributed by atoms with Crippen molar-refractivity contribution in [2.24, 2.45) is 0 Å². The number of carbonyl (C=O) groups excluding carboxylic acids is 1. The number of hydrogen-bond acceptors (Lipinski definition) is 8. The Morgan fingerprint density at radius 2 is 1.61 bits per heavy atom. The van der Waals surface area contributed by atoms with Crippen LogP contribution in [0.25, 0.3) is 10.2 Å². The largest absolute Gasteiger partial charge is 0.302 e. The van der Waals surface area contributed by atoms with E-state index >= 15 is 0 Å². The Bertz CT molecular complexity index is 1420. The molecule has 0 N–H and O–H groups in total. The van der Waals surface area contributed by atoms with Crippen molar-refractivity contribution in [3.63, 3.8) is 0 Å². The highest BCUT2D eigenvalue weighted by atomic mass is 35.5. The van der Waals surface area contributed by atoms with E-state index < -0.39 is 10.0 Å². The Morgan fingerprint density at radius 1 is 0.974 bits per heavy atom. The smallest absolute Gasteiger partial charge is 0.260 e. The molecule has 0 saturated carbocycles. The number of amides is 1. The summed E-state index contributed by atoms with van der Waals surface area (Å²) in [6, 6.07) is 15.0. The van der Waals surface area contributed by atoms with Crippen LogP contribution in [0.1, 0.15) is 37.0 Å². The molecule has 0 bridgehead atoms. The van der Waals surface area contributed by atoms with Crippen molar-refractivity contribution < 1.29 is 13.2 Å². The van der Waals surface area contributed by atoms with Gasteiger partial charge in [0.1, 0.15) is 0 Å². The molecule has 0 saturated heterocycles. The van der Waals surface area contributed by atoms with Crippen LogP contribution in [0.2, 0.25) is 5.02 Å². The van der Waals surface area contributed by atoms with E-state index in [2.05, 4.69) is 23.7 Å². The number of hydrogen-bond donors (Lipinski definition) is 0. The van der Waals surface area contributed by atoms with Crippen molar-refractivity contribution in [1.29, 1.82) is 10.5 Å². The summed E-state index contributed by atoms with van der Waals surface area (Å²) in [5.74, 6) is -0.294. The molecule has 0 spiro atoms. The molecular weight excluding hydrogens is 544 g/mol. The van der Waals surface area contributed by atoms with E-state index in [1.54, 1.807) is 11.0 Å². The molecule has 3 rings (SSSR count). The molecule has 1 amide bonds. The summed E-state index contributed by atoms with van der Waals surface area (Å²) in [4.78, 5) is 22.1. The summed E-state index contributed by atoms with van der Waals surface area (Å²) in [6.07, 6.45) is 0.0200. The Labute approximate surface area is 232 Å². The fourth-order valence-electron chi connectivity index (χ4n) is 3.84. The highest BCUT2D eigenvalue weighted by Crippen LogP contribution is 2.31. The lowest BCUT2D eigenvalue weighted by Gasteiger charge is -2.25. The number of aromatic nitrogens is 1. The van der Waals surface area contributed by atoms with E-state index in [9.17, 15) is 13.2 Å². The lowest BCUT2D eigenvalue weighted by Crippen LogP contribution is -2.39. The zero-order valence-corrected chi connectivity index (χ0v) is 23.7. The molecule has 0 atom stereocenters. The van der Waals surface area contributed by atoms with Gasteiger partial charge in [0.15, 0.2) is 5.13 Å². The van der Waals surface area contributed by atoms with E-state index in [0.29, 0.717) is 28.8 Å². The quantitative estimate of drug-likeness (QED) is 0.289. The molecule has 0 aliphatic heterocycles. The SMILES string of the molecule is CCN(CC)CCN(C(=O)c1ccc(S(=O)(=O)N(CCC#N)CCC#N)cc1)c1nc2ccc(Cl)cc2s1. The Kier molecular flexibility index (Phi) is 10.6. The van der Waals surface area contributed by atoms with Gasteiger partial charge < -0.3 is 4.90 Å². The fraction of sp³-hybridized carbons (Fsp3) is 0.385. The molecule has 0 aliphatic carbocycles. The van der Waals surface area contributed by atoms with Crippen molar-refractivity contribution in [3.05, 3.63) is 53.1 Å². The third-order valence-electron chi connectivity index (χ3n) is 6.03. The van der Waals surface area contributed by atoms with Gasteiger partial charge in [-0.2, -0.15) is 14.8 Å². The zero-order chi connectivity index (χ0) is 27.7. The van der Waals surface area contributed by atoms with E-state index in [1.807, 2.05) is 24.3 Å². The number of thiazole rings is 1. The minimum absolute atomic E-state index is 0.00532. The minimum Gasteiger partial charge on any atom is -0.302 e. The van der Waals surface area contributed by atoms with Crippen molar-refractivity contribution in [2.45, 2.75) is 31.6 Å². The van der Waals surface area contributed by atoms with E-state index in [0.717, 1.165) is 27.6 Å².